The summed E-state index contributed by atoms with van der Waals surface area (Å²) in [4.78, 5) is 4.04. The van der Waals surface area contributed by atoms with E-state index in [1.54, 1.807) is 12.3 Å². The number of rotatable bonds is 1. The van der Waals surface area contributed by atoms with Crippen LogP contribution in [0, 0.1) is 0 Å². The molecule has 0 aliphatic carbocycles. The van der Waals surface area contributed by atoms with E-state index in [2.05, 4.69) is 15.2 Å². The van der Waals surface area contributed by atoms with Crippen LogP contribution in [0.5, 0.6) is 0 Å². The monoisotopic (exact) mass is 244 g/mol. The largest absolute Gasteiger partial charge is 0.384 e. The number of hydrogen-bond acceptors (Lipinski definition) is 3. The third-order valence-electron chi connectivity index (χ3n) is 2.62. The van der Waals surface area contributed by atoms with E-state index in [9.17, 15) is 0 Å². The number of aromatic amines is 1. The van der Waals surface area contributed by atoms with Gasteiger partial charge in [0, 0.05) is 10.9 Å². The van der Waals surface area contributed by atoms with Crippen molar-refractivity contribution in [2.45, 2.75) is 0 Å². The van der Waals surface area contributed by atoms with Gasteiger partial charge in [0.25, 0.3) is 0 Å². The van der Waals surface area contributed by atoms with Gasteiger partial charge >= 0.3 is 0 Å². The van der Waals surface area contributed by atoms with Crippen molar-refractivity contribution >= 4 is 28.3 Å². The second kappa shape index (κ2) is 3.75. The lowest BCUT2D eigenvalue weighted by Crippen LogP contribution is -1.91. The van der Waals surface area contributed by atoms with E-state index >= 15 is 0 Å². The Balaban J connectivity index is 2.19. The van der Waals surface area contributed by atoms with Crippen LogP contribution in [0.4, 0.5) is 5.82 Å². The van der Waals surface area contributed by atoms with E-state index in [4.69, 9.17) is 17.3 Å². The molecule has 84 valence electrons. The summed E-state index contributed by atoms with van der Waals surface area (Å²) >= 11 is 6.07. The number of benzene rings is 1. The Morgan fingerprint density at radius 3 is 2.88 bits per heavy atom. The molecule has 0 fully saturated rings. The number of fused-ring (bicyclic) bond motifs is 1. The zero-order valence-corrected chi connectivity index (χ0v) is 9.57. The lowest BCUT2D eigenvalue weighted by Gasteiger charge is -2.04. The fourth-order valence-corrected chi connectivity index (χ4v) is 2.04. The smallest absolute Gasteiger partial charge is 0.139 e. The Kier molecular flexibility index (Phi) is 2.23. The summed E-state index contributed by atoms with van der Waals surface area (Å²) < 4.78 is 0. The number of nitrogens with one attached hydrogen (secondary N) is 1. The number of anilines is 1. The summed E-state index contributed by atoms with van der Waals surface area (Å²) in [6.07, 6.45) is 1.78. The molecule has 2 aromatic heterocycles. The normalized spacial score (nSPS) is 10.9. The van der Waals surface area contributed by atoms with Crippen molar-refractivity contribution in [3.8, 4) is 11.1 Å². The van der Waals surface area contributed by atoms with Gasteiger partial charge in [-0.15, -0.1) is 0 Å². The highest BCUT2D eigenvalue weighted by molar-refractivity contribution is 6.32. The molecule has 3 rings (SSSR count). The summed E-state index contributed by atoms with van der Waals surface area (Å²) in [5, 5.41) is 8.33. The summed E-state index contributed by atoms with van der Waals surface area (Å²) in [6, 6.07) is 9.55. The lowest BCUT2D eigenvalue weighted by molar-refractivity contribution is 1.12. The highest BCUT2D eigenvalue weighted by atomic mass is 35.5. The molecular formula is C12H9ClN4. The zero-order valence-electron chi connectivity index (χ0n) is 8.81. The summed E-state index contributed by atoms with van der Waals surface area (Å²) in [5.41, 5.74) is 8.42. The quantitative estimate of drug-likeness (QED) is 0.647. The third kappa shape index (κ3) is 1.72. The van der Waals surface area contributed by atoms with Gasteiger partial charge < -0.3 is 5.73 Å². The van der Waals surface area contributed by atoms with E-state index in [0.29, 0.717) is 11.0 Å². The zero-order chi connectivity index (χ0) is 11.8. The van der Waals surface area contributed by atoms with Crippen molar-refractivity contribution in [3.63, 3.8) is 0 Å². The molecule has 17 heavy (non-hydrogen) atoms. The highest BCUT2D eigenvalue weighted by Gasteiger charge is 2.06. The molecule has 0 unspecified atom stereocenters. The van der Waals surface area contributed by atoms with Crippen molar-refractivity contribution in [2.24, 2.45) is 0 Å². The summed E-state index contributed by atoms with van der Waals surface area (Å²) in [5.74, 6) is 0.420. The molecule has 3 N–H and O–H groups in total. The first-order valence-corrected chi connectivity index (χ1v) is 5.47. The topological polar surface area (TPSA) is 67.6 Å². The first kappa shape index (κ1) is 10.1. The number of pyridine rings is 1. The Bertz CT molecular complexity index is 690. The number of nitrogen functional groups attached to an aromatic ring is 1. The molecule has 0 aliphatic heterocycles. The first-order valence-electron chi connectivity index (χ1n) is 5.09. The Morgan fingerprint density at radius 1 is 1.18 bits per heavy atom. The van der Waals surface area contributed by atoms with Gasteiger partial charge in [-0.25, -0.2) is 4.98 Å². The Morgan fingerprint density at radius 2 is 2.06 bits per heavy atom. The molecule has 0 radical (unpaired) electrons. The molecule has 3 aromatic rings. The number of H-pyrrole nitrogens is 1. The van der Waals surface area contributed by atoms with Gasteiger partial charge in [-0.05, 0) is 29.8 Å². The first-order chi connectivity index (χ1) is 8.24. The van der Waals surface area contributed by atoms with Crippen LogP contribution >= 0.6 is 11.6 Å². The van der Waals surface area contributed by atoms with Crippen LogP contribution in [-0.4, -0.2) is 15.2 Å². The maximum Gasteiger partial charge on any atom is 0.139 e. The second-order valence-corrected chi connectivity index (χ2v) is 4.10. The van der Waals surface area contributed by atoms with Crippen LogP contribution in [0.3, 0.4) is 0 Å². The SMILES string of the molecule is Nc1ccc(-c2ccc3[nH]ncc3c2)c(Cl)n1. The molecule has 0 saturated carbocycles. The maximum atomic E-state index is 6.07. The molecule has 0 aliphatic rings. The fourth-order valence-electron chi connectivity index (χ4n) is 1.77. The van der Waals surface area contributed by atoms with E-state index in [1.165, 1.54) is 0 Å². The molecule has 0 spiro atoms. The molecule has 1 aromatic carbocycles. The van der Waals surface area contributed by atoms with E-state index in [0.717, 1.165) is 22.0 Å². The van der Waals surface area contributed by atoms with E-state index in [-0.39, 0.29) is 0 Å². The molecule has 0 atom stereocenters. The molecular weight excluding hydrogens is 236 g/mol. The third-order valence-corrected chi connectivity index (χ3v) is 2.91. The Hall–Kier alpha value is -2.07. The summed E-state index contributed by atoms with van der Waals surface area (Å²) in [7, 11) is 0. The number of halogens is 1. The van der Waals surface area contributed by atoms with Crippen LogP contribution in [0.25, 0.3) is 22.0 Å². The minimum Gasteiger partial charge on any atom is -0.384 e. The van der Waals surface area contributed by atoms with Crippen LogP contribution < -0.4 is 5.73 Å². The number of nitrogens with two attached hydrogens (primary N) is 1. The summed E-state index contributed by atoms with van der Waals surface area (Å²) in [6.45, 7) is 0. The van der Waals surface area contributed by atoms with Crippen molar-refractivity contribution in [1.82, 2.24) is 15.2 Å². The number of hydrogen-bond donors (Lipinski definition) is 2. The molecule has 0 amide bonds. The minimum atomic E-state index is 0.410. The lowest BCUT2D eigenvalue weighted by atomic mass is 10.1. The molecule has 2 heterocycles. The average Bonchev–Trinajstić information content (AvgIpc) is 2.75. The predicted molar refractivity (Wildman–Crippen MR) is 68.7 cm³/mol. The highest BCUT2D eigenvalue weighted by Crippen LogP contribution is 2.29. The van der Waals surface area contributed by atoms with Crippen molar-refractivity contribution in [3.05, 3.63) is 41.7 Å². The number of aromatic nitrogens is 3. The van der Waals surface area contributed by atoms with Gasteiger partial charge in [0.15, 0.2) is 0 Å². The fraction of sp³-hybridized carbons (Fsp3) is 0. The van der Waals surface area contributed by atoms with Gasteiger partial charge in [-0.3, -0.25) is 5.10 Å². The second-order valence-electron chi connectivity index (χ2n) is 3.75. The van der Waals surface area contributed by atoms with Gasteiger partial charge in [0.1, 0.15) is 11.0 Å². The molecule has 5 heteroatoms. The maximum absolute atomic E-state index is 6.07. The van der Waals surface area contributed by atoms with Crippen LogP contribution in [0.15, 0.2) is 36.5 Å². The minimum absolute atomic E-state index is 0.410. The van der Waals surface area contributed by atoms with Crippen LogP contribution in [0.2, 0.25) is 5.15 Å². The molecule has 4 nitrogen and oxygen atoms in total. The van der Waals surface area contributed by atoms with Gasteiger partial charge in [0.05, 0.1) is 11.7 Å². The van der Waals surface area contributed by atoms with Gasteiger partial charge in [0.2, 0.25) is 0 Å². The van der Waals surface area contributed by atoms with Crippen LogP contribution in [0.1, 0.15) is 0 Å². The van der Waals surface area contributed by atoms with Crippen molar-refractivity contribution in [2.75, 3.05) is 5.73 Å². The van der Waals surface area contributed by atoms with Gasteiger partial charge in [-0.2, -0.15) is 5.10 Å². The molecule has 0 bridgehead atoms. The van der Waals surface area contributed by atoms with Crippen molar-refractivity contribution in [1.29, 1.82) is 0 Å². The van der Waals surface area contributed by atoms with Crippen LogP contribution in [-0.2, 0) is 0 Å². The average molecular weight is 245 g/mol. The van der Waals surface area contributed by atoms with Gasteiger partial charge in [-0.1, -0.05) is 17.7 Å². The number of nitrogens with zero attached hydrogens (tertiary/aromatic N) is 2. The Labute approximate surface area is 102 Å². The van der Waals surface area contributed by atoms with Crippen molar-refractivity contribution < 1.29 is 0 Å². The standard InChI is InChI=1S/C12H9ClN4/c13-12-9(2-4-11(14)16-12)7-1-3-10-8(5-7)6-15-17-10/h1-6H,(H2,14,16)(H,15,17). The van der Waals surface area contributed by atoms with E-state index < -0.39 is 0 Å². The predicted octanol–water partition coefficient (Wildman–Crippen LogP) is 2.86. The van der Waals surface area contributed by atoms with E-state index in [1.807, 2.05) is 24.3 Å². The molecule has 0 saturated heterocycles.